The summed E-state index contributed by atoms with van der Waals surface area (Å²) in [6.45, 7) is 4.06. The van der Waals surface area contributed by atoms with Crippen LogP contribution in [0.1, 0.15) is 23.7 Å². The van der Waals surface area contributed by atoms with Crippen LogP contribution < -0.4 is 10.6 Å². The van der Waals surface area contributed by atoms with E-state index in [9.17, 15) is 9.18 Å². The summed E-state index contributed by atoms with van der Waals surface area (Å²) in [4.78, 5) is 13.8. The Balaban J connectivity index is 2.24. The first-order chi connectivity index (χ1) is 10.1. The van der Waals surface area contributed by atoms with Crippen molar-refractivity contribution in [2.75, 3.05) is 44.0 Å². The standard InChI is InChI=1S/C15H21FN2O3/c1-3-21-15(19)11-6-14(12(16)7-13(11)17)18-5-4-10(8-18)9-20-2/h6-7,10H,3-5,8-9,17H2,1-2H3. The molecule has 2 rings (SSSR count). The summed E-state index contributed by atoms with van der Waals surface area (Å²) >= 11 is 0. The highest BCUT2D eigenvalue weighted by Crippen LogP contribution is 2.30. The van der Waals surface area contributed by atoms with Gasteiger partial charge in [0.15, 0.2) is 0 Å². The first kappa shape index (κ1) is 15.6. The van der Waals surface area contributed by atoms with Gasteiger partial charge in [0.05, 0.1) is 24.5 Å². The Kier molecular flexibility index (Phi) is 5.01. The Morgan fingerprint density at radius 2 is 2.29 bits per heavy atom. The molecule has 1 atom stereocenters. The normalized spacial score (nSPS) is 18.0. The van der Waals surface area contributed by atoms with Crippen LogP contribution in [0.2, 0.25) is 0 Å². The number of carbonyl (C=O) groups excluding carboxylic acids is 1. The number of ether oxygens (including phenoxy) is 2. The first-order valence-electron chi connectivity index (χ1n) is 7.06. The van der Waals surface area contributed by atoms with Crippen LogP contribution in [0.15, 0.2) is 12.1 Å². The Hall–Kier alpha value is -1.82. The number of rotatable bonds is 5. The van der Waals surface area contributed by atoms with Crippen LogP contribution in [-0.4, -0.2) is 39.4 Å². The van der Waals surface area contributed by atoms with E-state index in [-0.39, 0.29) is 17.9 Å². The van der Waals surface area contributed by atoms with Gasteiger partial charge in [-0.25, -0.2) is 9.18 Å². The molecule has 0 radical (unpaired) electrons. The summed E-state index contributed by atoms with van der Waals surface area (Å²) in [5, 5.41) is 0. The van der Waals surface area contributed by atoms with Crippen molar-refractivity contribution in [2.45, 2.75) is 13.3 Å². The van der Waals surface area contributed by atoms with Crippen molar-refractivity contribution in [3.05, 3.63) is 23.5 Å². The van der Waals surface area contributed by atoms with Crippen LogP contribution in [-0.2, 0) is 9.47 Å². The molecule has 0 aliphatic carbocycles. The highest BCUT2D eigenvalue weighted by atomic mass is 19.1. The summed E-state index contributed by atoms with van der Waals surface area (Å²) < 4.78 is 24.2. The topological polar surface area (TPSA) is 64.8 Å². The lowest BCUT2D eigenvalue weighted by molar-refractivity contribution is 0.0527. The maximum Gasteiger partial charge on any atom is 0.340 e. The van der Waals surface area contributed by atoms with Gasteiger partial charge in [-0.3, -0.25) is 0 Å². The molecule has 0 bridgehead atoms. The van der Waals surface area contributed by atoms with Crippen molar-refractivity contribution in [1.82, 2.24) is 0 Å². The van der Waals surface area contributed by atoms with Gasteiger partial charge in [0.1, 0.15) is 5.82 Å². The molecule has 1 aliphatic rings. The quantitative estimate of drug-likeness (QED) is 0.665. The lowest BCUT2D eigenvalue weighted by atomic mass is 10.1. The second-order valence-corrected chi connectivity index (χ2v) is 5.17. The molecule has 1 aromatic rings. The van der Waals surface area contributed by atoms with Crippen molar-refractivity contribution in [3.8, 4) is 0 Å². The fourth-order valence-corrected chi connectivity index (χ4v) is 2.63. The van der Waals surface area contributed by atoms with E-state index < -0.39 is 11.8 Å². The molecule has 21 heavy (non-hydrogen) atoms. The molecule has 116 valence electrons. The molecule has 0 aromatic heterocycles. The minimum absolute atomic E-state index is 0.0994. The molecule has 1 aliphatic heterocycles. The number of benzene rings is 1. The molecule has 1 fully saturated rings. The fraction of sp³-hybridized carbons (Fsp3) is 0.533. The maximum absolute atomic E-state index is 14.1. The highest BCUT2D eigenvalue weighted by Gasteiger charge is 2.26. The van der Waals surface area contributed by atoms with Gasteiger partial charge in [0, 0.05) is 31.8 Å². The minimum Gasteiger partial charge on any atom is -0.462 e. The summed E-state index contributed by atoms with van der Waals surface area (Å²) in [7, 11) is 1.66. The van der Waals surface area contributed by atoms with Gasteiger partial charge >= 0.3 is 5.97 Å². The van der Waals surface area contributed by atoms with E-state index in [2.05, 4.69) is 0 Å². The van der Waals surface area contributed by atoms with E-state index in [4.69, 9.17) is 15.2 Å². The number of nitrogen functional groups attached to an aromatic ring is 1. The van der Waals surface area contributed by atoms with Gasteiger partial charge in [-0.1, -0.05) is 0 Å². The van der Waals surface area contributed by atoms with Crippen molar-refractivity contribution < 1.29 is 18.7 Å². The molecule has 0 amide bonds. The van der Waals surface area contributed by atoms with Gasteiger partial charge in [0.25, 0.3) is 0 Å². The van der Waals surface area contributed by atoms with E-state index in [1.54, 1.807) is 14.0 Å². The van der Waals surface area contributed by atoms with Crippen LogP contribution in [0, 0.1) is 11.7 Å². The number of hydrogen-bond donors (Lipinski definition) is 1. The van der Waals surface area contributed by atoms with Gasteiger partial charge < -0.3 is 20.1 Å². The molecule has 6 heteroatoms. The summed E-state index contributed by atoms with van der Waals surface area (Å²) in [6.07, 6.45) is 0.937. The maximum atomic E-state index is 14.1. The number of nitrogens with zero attached hydrogens (tertiary/aromatic N) is 1. The van der Waals surface area contributed by atoms with E-state index in [1.165, 1.54) is 12.1 Å². The molecule has 1 saturated heterocycles. The van der Waals surface area contributed by atoms with E-state index in [1.807, 2.05) is 4.90 Å². The lowest BCUT2D eigenvalue weighted by Crippen LogP contribution is -2.23. The van der Waals surface area contributed by atoms with Crippen LogP contribution >= 0.6 is 0 Å². The van der Waals surface area contributed by atoms with Gasteiger partial charge in [-0.2, -0.15) is 0 Å². The third kappa shape index (κ3) is 3.44. The lowest BCUT2D eigenvalue weighted by Gasteiger charge is -2.20. The Bertz CT molecular complexity index is 522. The summed E-state index contributed by atoms with van der Waals surface area (Å²) in [6, 6.07) is 2.67. The van der Waals surface area contributed by atoms with E-state index in [0.29, 0.717) is 24.8 Å². The zero-order valence-electron chi connectivity index (χ0n) is 12.4. The third-order valence-corrected chi connectivity index (χ3v) is 3.64. The second-order valence-electron chi connectivity index (χ2n) is 5.17. The molecular weight excluding hydrogens is 275 g/mol. The van der Waals surface area contributed by atoms with Crippen LogP contribution in [0.3, 0.4) is 0 Å². The van der Waals surface area contributed by atoms with Crippen molar-refractivity contribution in [3.63, 3.8) is 0 Å². The van der Waals surface area contributed by atoms with Gasteiger partial charge in [-0.05, 0) is 25.5 Å². The number of nitrogens with two attached hydrogens (primary N) is 1. The van der Waals surface area contributed by atoms with Crippen molar-refractivity contribution in [2.24, 2.45) is 5.92 Å². The molecular formula is C15H21FN2O3. The van der Waals surface area contributed by atoms with Crippen LogP contribution in [0.4, 0.5) is 15.8 Å². The minimum atomic E-state index is -0.524. The highest BCUT2D eigenvalue weighted by molar-refractivity contribution is 5.96. The SMILES string of the molecule is CCOC(=O)c1cc(N2CCC(COC)C2)c(F)cc1N. The molecule has 0 saturated carbocycles. The monoisotopic (exact) mass is 296 g/mol. The summed E-state index contributed by atoms with van der Waals surface area (Å²) in [5.41, 5.74) is 6.42. The molecule has 0 spiro atoms. The average Bonchev–Trinajstić information content (AvgIpc) is 2.88. The Morgan fingerprint density at radius 3 is 2.95 bits per heavy atom. The van der Waals surface area contributed by atoms with Crippen molar-refractivity contribution >= 4 is 17.3 Å². The number of methoxy groups -OCH3 is 1. The fourth-order valence-electron chi connectivity index (χ4n) is 2.63. The Labute approximate surface area is 123 Å². The van der Waals surface area contributed by atoms with Crippen molar-refractivity contribution in [1.29, 1.82) is 0 Å². The van der Waals surface area contributed by atoms with Crippen LogP contribution in [0.5, 0.6) is 0 Å². The molecule has 1 aromatic carbocycles. The predicted molar refractivity (Wildman–Crippen MR) is 79.0 cm³/mol. The third-order valence-electron chi connectivity index (χ3n) is 3.64. The van der Waals surface area contributed by atoms with Gasteiger partial charge in [0.2, 0.25) is 0 Å². The molecule has 1 heterocycles. The average molecular weight is 296 g/mol. The zero-order chi connectivity index (χ0) is 15.4. The number of carbonyl (C=O) groups is 1. The number of esters is 1. The predicted octanol–water partition coefficient (Wildman–Crippen LogP) is 2.06. The van der Waals surface area contributed by atoms with E-state index in [0.717, 1.165) is 13.0 Å². The zero-order valence-corrected chi connectivity index (χ0v) is 12.4. The molecule has 2 N–H and O–H groups in total. The Morgan fingerprint density at radius 1 is 1.52 bits per heavy atom. The smallest absolute Gasteiger partial charge is 0.340 e. The second kappa shape index (κ2) is 6.76. The van der Waals surface area contributed by atoms with E-state index >= 15 is 0 Å². The largest absolute Gasteiger partial charge is 0.462 e. The first-order valence-corrected chi connectivity index (χ1v) is 7.06. The molecule has 1 unspecified atom stereocenters. The van der Waals surface area contributed by atoms with Gasteiger partial charge in [-0.15, -0.1) is 0 Å². The number of halogens is 1. The number of hydrogen-bond acceptors (Lipinski definition) is 5. The molecule has 5 nitrogen and oxygen atoms in total. The summed E-state index contributed by atoms with van der Waals surface area (Å²) in [5.74, 6) is -0.569. The van der Waals surface area contributed by atoms with Crippen LogP contribution in [0.25, 0.3) is 0 Å². The number of anilines is 2.